The number of carbonyl (C=O) groups excluding carboxylic acids is 1. The van der Waals surface area contributed by atoms with Crippen molar-refractivity contribution < 1.29 is 9.21 Å². The molecule has 0 aliphatic heterocycles. The van der Waals surface area contributed by atoms with E-state index in [9.17, 15) is 4.79 Å². The summed E-state index contributed by atoms with van der Waals surface area (Å²) < 4.78 is 5.79. The number of oxazole rings is 1. The molecule has 0 N–H and O–H groups in total. The standard InChI is InChI=1S/C4H3BrN2O2/c5-7(3-8)4-6-1-2-9-4/h1-3H. The molecule has 1 aromatic rings. The summed E-state index contributed by atoms with van der Waals surface area (Å²) in [6.07, 6.45) is 3.38. The summed E-state index contributed by atoms with van der Waals surface area (Å²) in [6, 6.07) is 0.227. The summed E-state index contributed by atoms with van der Waals surface area (Å²) in [6.45, 7) is 0. The molecule has 1 rings (SSSR count). The highest BCUT2D eigenvalue weighted by Crippen LogP contribution is 2.10. The van der Waals surface area contributed by atoms with Crippen molar-refractivity contribution in [3.05, 3.63) is 12.5 Å². The fraction of sp³-hybridized carbons (Fsp3) is 0. The zero-order valence-electron chi connectivity index (χ0n) is 4.32. The molecular formula is C4H3BrN2O2. The number of aromatic nitrogens is 1. The van der Waals surface area contributed by atoms with Gasteiger partial charge in [-0.3, -0.25) is 4.79 Å². The Balaban J connectivity index is 2.76. The number of hydrogen-bond donors (Lipinski definition) is 0. The molecule has 1 aromatic heterocycles. The van der Waals surface area contributed by atoms with E-state index in [4.69, 9.17) is 4.42 Å². The number of rotatable bonds is 2. The molecule has 1 amide bonds. The fourth-order valence-electron chi connectivity index (χ4n) is 0.366. The van der Waals surface area contributed by atoms with E-state index in [-0.39, 0.29) is 6.01 Å². The lowest BCUT2D eigenvalue weighted by Crippen LogP contribution is -2.04. The largest absolute Gasteiger partial charge is 0.431 e. The maximum Gasteiger partial charge on any atom is 0.314 e. The fourth-order valence-corrected chi connectivity index (χ4v) is 0.542. The monoisotopic (exact) mass is 190 g/mol. The minimum Gasteiger partial charge on any atom is -0.431 e. The van der Waals surface area contributed by atoms with Crippen molar-refractivity contribution in [1.29, 1.82) is 0 Å². The van der Waals surface area contributed by atoms with Gasteiger partial charge < -0.3 is 4.42 Å². The molecule has 0 atom stereocenters. The average molecular weight is 191 g/mol. The first-order chi connectivity index (χ1) is 4.34. The first kappa shape index (κ1) is 6.28. The van der Waals surface area contributed by atoms with Crippen LogP contribution in [-0.2, 0) is 4.79 Å². The number of nitrogens with zero attached hydrogens (tertiary/aromatic N) is 2. The number of amides is 1. The van der Waals surface area contributed by atoms with Crippen LogP contribution in [0.2, 0.25) is 0 Å². The van der Waals surface area contributed by atoms with E-state index < -0.39 is 0 Å². The van der Waals surface area contributed by atoms with Crippen LogP contribution in [0.4, 0.5) is 6.01 Å². The number of hydrogen-bond acceptors (Lipinski definition) is 3. The van der Waals surface area contributed by atoms with Crippen LogP contribution in [0.3, 0.4) is 0 Å². The van der Waals surface area contributed by atoms with Crippen LogP contribution in [-0.4, -0.2) is 11.4 Å². The molecular weight excluding hydrogens is 188 g/mol. The van der Waals surface area contributed by atoms with Gasteiger partial charge >= 0.3 is 6.01 Å². The zero-order chi connectivity index (χ0) is 6.69. The lowest BCUT2D eigenvalue weighted by atomic mass is 11.0. The van der Waals surface area contributed by atoms with Crippen LogP contribution in [0.1, 0.15) is 0 Å². The summed E-state index contributed by atoms with van der Waals surface area (Å²) in [5.74, 6) is 0. The van der Waals surface area contributed by atoms with Crippen LogP contribution in [0.25, 0.3) is 0 Å². The molecule has 5 heteroatoms. The Morgan fingerprint density at radius 1 is 1.89 bits per heavy atom. The van der Waals surface area contributed by atoms with Gasteiger partial charge in [0.15, 0.2) is 0 Å². The van der Waals surface area contributed by atoms with E-state index in [0.717, 1.165) is 3.93 Å². The maximum atomic E-state index is 9.98. The molecule has 0 fully saturated rings. The summed E-state index contributed by atoms with van der Waals surface area (Å²) in [4.78, 5) is 13.7. The van der Waals surface area contributed by atoms with Gasteiger partial charge in [0.25, 0.3) is 0 Å². The van der Waals surface area contributed by atoms with Crippen molar-refractivity contribution in [1.82, 2.24) is 4.98 Å². The van der Waals surface area contributed by atoms with Gasteiger partial charge in [0.05, 0.1) is 22.3 Å². The average Bonchev–Trinajstić information content (AvgIpc) is 2.37. The van der Waals surface area contributed by atoms with Crippen LogP contribution >= 0.6 is 16.1 Å². The quantitative estimate of drug-likeness (QED) is 0.516. The molecule has 9 heavy (non-hydrogen) atoms. The van der Waals surface area contributed by atoms with Gasteiger partial charge in [0.2, 0.25) is 6.41 Å². The van der Waals surface area contributed by atoms with Gasteiger partial charge in [-0.15, -0.1) is 0 Å². The topological polar surface area (TPSA) is 46.3 Å². The van der Waals surface area contributed by atoms with Crippen LogP contribution in [0.15, 0.2) is 16.9 Å². The molecule has 0 spiro atoms. The molecule has 48 valence electrons. The summed E-state index contributed by atoms with van der Waals surface area (Å²) >= 11 is 2.87. The van der Waals surface area contributed by atoms with E-state index in [1.165, 1.54) is 12.5 Å². The predicted octanol–water partition coefficient (Wildman–Crippen LogP) is 0.947. The second-order valence-corrected chi connectivity index (χ2v) is 2.00. The van der Waals surface area contributed by atoms with Crippen LogP contribution < -0.4 is 3.93 Å². The molecule has 0 aromatic carbocycles. The van der Waals surface area contributed by atoms with Gasteiger partial charge in [-0.2, -0.15) is 3.93 Å². The van der Waals surface area contributed by atoms with Crippen molar-refractivity contribution >= 4 is 28.6 Å². The van der Waals surface area contributed by atoms with E-state index >= 15 is 0 Å². The predicted molar refractivity (Wildman–Crippen MR) is 34.0 cm³/mol. The Kier molecular flexibility index (Phi) is 1.84. The third-order valence-corrected chi connectivity index (χ3v) is 1.17. The maximum absolute atomic E-state index is 9.98. The van der Waals surface area contributed by atoms with Gasteiger partial charge in [-0.1, -0.05) is 0 Å². The van der Waals surface area contributed by atoms with E-state index in [2.05, 4.69) is 21.1 Å². The second-order valence-electron chi connectivity index (χ2n) is 1.23. The Hall–Kier alpha value is -0.840. The van der Waals surface area contributed by atoms with E-state index in [0.29, 0.717) is 6.41 Å². The van der Waals surface area contributed by atoms with Gasteiger partial charge in [0, 0.05) is 0 Å². The Morgan fingerprint density at radius 2 is 2.67 bits per heavy atom. The lowest BCUT2D eigenvalue weighted by molar-refractivity contribution is -0.106. The molecule has 0 aliphatic rings. The highest BCUT2D eigenvalue weighted by Gasteiger charge is 2.02. The smallest absolute Gasteiger partial charge is 0.314 e. The van der Waals surface area contributed by atoms with Crippen molar-refractivity contribution in [2.45, 2.75) is 0 Å². The minimum atomic E-state index is 0.227. The summed E-state index contributed by atoms with van der Waals surface area (Å²) in [5, 5.41) is 0. The number of anilines is 1. The molecule has 0 saturated carbocycles. The molecule has 1 heterocycles. The zero-order valence-corrected chi connectivity index (χ0v) is 5.91. The molecule has 0 aliphatic carbocycles. The molecule has 0 saturated heterocycles. The van der Waals surface area contributed by atoms with Crippen LogP contribution in [0.5, 0.6) is 0 Å². The molecule has 0 radical (unpaired) electrons. The van der Waals surface area contributed by atoms with Crippen molar-refractivity contribution in [3.63, 3.8) is 0 Å². The van der Waals surface area contributed by atoms with E-state index in [1.54, 1.807) is 0 Å². The van der Waals surface area contributed by atoms with Crippen molar-refractivity contribution in [3.8, 4) is 0 Å². The third-order valence-electron chi connectivity index (χ3n) is 0.695. The normalized spacial score (nSPS) is 9.00. The first-order valence-corrected chi connectivity index (χ1v) is 2.85. The van der Waals surface area contributed by atoms with Crippen molar-refractivity contribution in [2.24, 2.45) is 0 Å². The summed E-state index contributed by atoms with van der Waals surface area (Å²) in [7, 11) is 0. The van der Waals surface area contributed by atoms with E-state index in [1.807, 2.05) is 0 Å². The minimum absolute atomic E-state index is 0.227. The van der Waals surface area contributed by atoms with Gasteiger partial charge in [-0.25, -0.2) is 4.98 Å². The molecule has 0 unspecified atom stereocenters. The first-order valence-electron chi connectivity index (χ1n) is 2.14. The number of carbonyl (C=O) groups is 1. The highest BCUT2D eigenvalue weighted by molar-refractivity contribution is 9.10. The van der Waals surface area contributed by atoms with Gasteiger partial charge in [-0.05, 0) is 0 Å². The SMILES string of the molecule is O=CN(Br)c1ncco1. The van der Waals surface area contributed by atoms with Crippen LogP contribution in [0, 0.1) is 0 Å². The van der Waals surface area contributed by atoms with Gasteiger partial charge in [0.1, 0.15) is 6.26 Å². The molecule has 0 bridgehead atoms. The number of halogens is 1. The Bertz CT molecular complexity index is 186. The second kappa shape index (κ2) is 2.63. The Labute approximate surface area is 59.8 Å². The third kappa shape index (κ3) is 1.29. The summed E-state index contributed by atoms with van der Waals surface area (Å²) in [5.41, 5.74) is 0. The molecule has 4 nitrogen and oxygen atoms in total. The van der Waals surface area contributed by atoms with Crippen molar-refractivity contribution in [2.75, 3.05) is 3.93 Å². The highest BCUT2D eigenvalue weighted by atomic mass is 79.9. The lowest BCUT2D eigenvalue weighted by Gasteiger charge is -1.97. The Morgan fingerprint density at radius 3 is 3.11 bits per heavy atom.